The van der Waals surface area contributed by atoms with Gasteiger partial charge in [0.2, 0.25) is 0 Å². The van der Waals surface area contributed by atoms with Crippen LogP contribution in [0.1, 0.15) is 0 Å². The SMILES string of the molecule is Cn1c(-c2ccccc2)nc2ccc(-c3cccc4c(-c5ccc(-c6ccccc6)cc5)c5cccc(-c6ccc7nc(-c8ccccc8)n(C)c7c6)c5cc34)cc21. The first-order valence-electron chi connectivity index (χ1n) is 19.8. The first-order chi connectivity index (χ1) is 28.6. The molecule has 274 valence electrons. The van der Waals surface area contributed by atoms with E-state index in [0.29, 0.717) is 0 Å². The summed E-state index contributed by atoms with van der Waals surface area (Å²) in [5.41, 5.74) is 15.9. The Morgan fingerprint density at radius 1 is 0.310 bits per heavy atom. The molecule has 0 spiro atoms. The smallest absolute Gasteiger partial charge is 0.140 e. The lowest BCUT2D eigenvalue weighted by Gasteiger charge is -2.18. The van der Waals surface area contributed by atoms with E-state index in [1.165, 1.54) is 54.9 Å². The summed E-state index contributed by atoms with van der Waals surface area (Å²) in [6.07, 6.45) is 0. The maximum absolute atomic E-state index is 5.05. The average molecular weight is 743 g/mol. The number of benzene rings is 9. The molecule has 11 rings (SSSR count). The van der Waals surface area contributed by atoms with Crippen LogP contribution in [0.4, 0.5) is 0 Å². The lowest BCUT2D eigenvalue weighted by atomic mass is 9.86. The highest BCUT2D eigenvalue weighted by atomic mass is 15.1. The van der Waals surface area contributed by atoms with Gasteiger partial charge in [-0.15, -0.1) is 0 Å². The normalized spacial score (nSPS) is 11.6. The van der Waals surface area contributed by atoms with Crippen LogP contribution in [0, 0.1) is 0 Å². The molecule has 4 nitrogen and oxygen atoms in total. The fourth-order valence-electron chi connectivity index (χ4n) is 8.85. The Morgan fingerprint density at radius 2 is 0.707 bits per heavy atom. The van der Waals surface area contributed by atoms with Gasteiger partial charge in [0.05, 0.1) is 22.1 Å². The number of aromatic nitrogens is 4. The molecule has 0 atom stereocenters. The van der Waals surface area contributed by atoms with E-state index in [9.17, 15) is 0 Å². The molecule has 2 heterocycles. The summed E-state index contributed by atoms with van der Waals surface area (Å²) in [6, 6.07) is 69.9. The van der Waals surface area contributed by atoms with Crippen molar-refractivity contribution in [2.75, 3.05) is 0 Å². The highest BCUT2D eigenvalue weighted by Gasteiger charge is 2.19. The molecule has 0 amide bonds. The summed E-state index contributed by atoms with van der Waals surface area (Å²) in [5.74, 6) is 1.92. The van der Waals surface area contributed by atoms with Crippen molar-refractivity contribution in [3.63, 3.8) is 0 Å². The van der Waals surface area contributed by atoms with Gasteiger partial charge in [-0.1, -0.05) is 164 Å². The minimum atomic E-state index is 0.962. The van der Waals surface area contributed by atoms with Crippen LogP contribution >= 0.6 is 0 Å². The minimum Gasteiger partial charge on any atom is -0.327 e. The van der Waals surface area contributed by atoms with Crippen molar-refractivity contribution < 1.29 is 0 Å². The van der Waals surface area contributed by atoms with Crippen LogP contribution in [-0.4, -0.2) is 19.1 Å². The first-order valence-corrected chi connectivity index (χ1v) is 19.8. The zero-order valence-electron chi connectivity index (χ0n) is 32.3. The lowest BCUT2D eigenvalue weighted by molar-refractivity contribution is 0.959. The molecule has 0 aliphatic carbocycles. The van der Waals surface area contributed by atoms with Gasteiger partial charge < -0.3 is 9.13 Å². The second kappa shape index (κ2) is 13.6. The fraction of sp³-hybridized carbons (Fsp3) is 0.0370. The minimum absolute atomic E-state index is 0.962. The third-order valence-corrected chi connectivity index (χ3v) is 11.8. The van der Waals surface area contributed by atoms with Gasteiger partial charge in [0.25, 0.3) is 0 Å². The number of hydrogen-bond acceptors (Lipinski definition) is 2. The predicted molar refractivity (Wildman–Crippen MR) is 243 cm³/mol. The maximum atomic E-state index is 5.05. The van der Waals surface area contributed by atoms with Gasteiger partial charge in [0, 0.05) is 25.2 Å². The van der Waals surface area contributed by atoms with Gasteiger partial charge in [-0.25, -0.2) is 9.97 Å². The van der Waals surface area contributed by atoms with E-state index in [-0.39, 0.29) is 0 Å². The Balaban J connectivity index is 1.14. The van der Waals surface area contributed by atoms with E-state index in [2.05, 4.69) is 205 Å². The fourth-order valence-corrected chi connectivity index (χ4v) is 8.85. The van der Waals surface area contributed by atoms with E-state index in [4.69, 9.17) is 9.97 Å². The van der Waals surface area contributed by atoms with Crippen LogP contribution in [0.25, 0.3) is 111 Å². The van der Waals surface area contributed by atoms with Crippen molar-refractivity contribution in [3.8, 4) is 67.3 Å². The number of aryl methyl sites for hydroxylation is 2. The molecule has 58 heavy (non-hydrogen) atoms. The van der Waals surface area contributed by atoms with Gasteiger partial charge in [0.1, 0.15) is 11.6 Å². The van der Waals surface area contributed by atoms with Crippen LogP contribution in [0.3, 0.4) is 0 Å². The summed E-state index contributed by atoms with van der Waals surface area (Å²) in [6.45, 7) is 0. The van der Waals surface area contributed by atoms with Crippen LogP contribution in [0.15, 0.2) is 194 Å². The molecule has 0 saturated heterocycles. The molecule has 0 fully saturated rings. The molecule has 0 saturated carbocycles. The van der Waals surface area contributed by atoms with Crippen molar-refractivity contribution in [2.45, 2.75) is 0 Å². The molecule has 2 aromatic heterocycles. The largest absolute Gasteiger partial charge is 0.327 e. The van der Waals surface area contributed by atoms with Gasteiger partial charge in [-0.3, -0.25) is 0 Å². The monoisotopic (exact) mass is 742 g/mol. The van der Waals surface area contributed by atoms with Crippen molar-refractivity contribution in [2.24, 2.45) is 14.1 Å². The zero-order valence-corrected chi connectivity index (χ0v) is 32.3. The average Bonchev–Trinajstić information content (AvgIpc) is 3.81. The molecule has 11 aromatic rings. The van der Waals surface area contributed by atoms with Crippen molar-refractivity contribution in [1.29, 1.82) is 0 Å². The second-order valence-electron chi connectivity index (χ2n) is 15.1. The molecule has 0 unspecified atom stereocenters. The number of fused-ring (bicyclic) bond motifs is 4. The molecule has 4 heteroatoms. The van der Waals surface area contributed by atoms with E-state index < -0.39 is 0 Å². The molecule has 0 aliphatic heterocycles. The van der Waals surface area contributed by atoms with Gasteiger partial charge in [0.15, 0.2) is 0 Å². The van der Waals surface area contributed by atoms with Gasteiger partial charge in [-0.2, -0.15) is 0 Å². The quantitative estimate of drug-likeness (QED) is 0.159. The Bertz CT molecular complexity index is 3140. The molecule has 0 radical (unpaired) electrons. The van der Waals surface area contributed by atoms with E-state index in [1.54, 1.807) is 0 Å². The number of nitrogens with zero attached hydrogens (tertiary/aromatic N) is 4. The first kappa shape index (κ1) is 33.8. The van der Waals surface area contributed by atoms with Gasteiger partial charge >= 0.3 is 0 Å². The molecule has 9 aromatic carbocycles. The Labute approximate surface area is 337 Å². The highest BCUT2D eigenvalue weighted by Crippen LogP contribution is 2.44. The van der Waals surface area contributed by atoms with E-state index in [0.717, 1.165) is 56.0 Å². The zero-order chi connectivity index (χ0) is 38.7. The van der Waals surface area contributed by atoms with Crippen molar-refractivity contribution >= 4 is 43.6 Å². The molecule has 0 aliphatic rings. The number of hydrogen-bond donors (Lipinski definition) is 0. The topological polar surface area (TPSA) is 35.6 Å². The van der Waals surface area contributed by atoms with Crippen LogP contribution < -0.4 is 0 Å². The number of rotatable bonds is 6. The lowest BCUT2D eigenvalue weighted by Crippen LogP contribution is -1.93. The maximum Gasteiger partial charge on any atom is 0.140 e. The standard InChI is InChI=1S/C54H38N4/c1-57-50-32-40(28-30-48(50)55-53(57)38-16-8-4-9-17-38)42-20-12-22-44-46(42)34-47-43(41-29-31-49-51(33-41)58(2)54(56-49)39-18-10-5-11-19-39)21-13-23-45(47)52(44)37-26-24-36(25-27-37)35-14-6-3-7-15-35/h3-34H,1-2H3. The predicted octanol–water partition coefficient (Wildman–Crippen LogP) is 13.8. The Morgan fingerprint density at radius 3 is 1.17 bits per heavy atom. The van der Waals surface area contributed by atoms with E-state index in [1.807, 2.05) is 12.1 Å². The molecular weight excluding hydrogens is 705 g/mol. The van der Waals surface area contributed by atoms with Crippen LogP contribution in [0.5, 0.6) is 0 Å². The summed E-state index contributed by atoms with van der Waals surface area (Å²) in [4.78, 5) is 10.1. The van der Waals surface area contributed by atoms with Crippen LogP contribution in [0.2, 0.25) is 0 Å². The summed E-state index contributed by atoms with van der Waals surface area (Å²) in [5, 5.41) is 4.86. The Hall–Kier alpha value is -7.56. The van der Waals surface area contributed by atoms with Crippen LogP contribution in [-0.2, 0) is 14.1 Å². The molecule has 0 N–H and O–H groups in total. The number of imidazole rings is 2. The summed E-state index contributed by atoms with van der Waals surface area (Å²) in [7, 11) is 4.23. The highest BCUT2D eigenvalue weighted by molar-refractivity contribution is 6.19. The van der Waals surface area contributed by atoms with Crippen molar-refractivity contribution in [3.05, 3.63) is 194 Å². The van der Waals surface area contributed by atoms with Crippen molar-refractivity contribution in [1.82, 2.24) is 19.1 Å². The third kappa shape index (κ3) is 5.53. The molecular formula is C54H38N4. The molecule has 0 bridgehead atoms. The van der Waals surface area contributed by atoms with Gasteiger partial charge in [-0.05, 0) is 96.4 Å². The Kier molecular flexibility index (Phi) is 7.90. The second-order valence-corrected chi connectivity index (χ2v) is 15.1. The third-order valence-electron chi connectivity index (χ3n) is 11.8. The van der Waals surface area contributed by atoms with E-state index >= 15 is 0 Å². The summed E-state index contributed by atoms with van der Waals surface area (Å²) >= 11 is 0. The summed E-state index contributed by atoms with van der Waals surface area (Å²) < 4.78 is 4.43.